The Labute approximate surface area is 94.3 Å². The molecule has 5 heteroatoms. The van der Waals surface area contributed by atoms with Crippen LogP contribution in [0.25, 0.3) is 11.5 Å². The Kier molecular flexibility index (Phi) is 3.05. The molecule has 16 heavy (non-hydrogen) atoms. The molecule has 0 aliphatic carbocycles. The highest BCUT2D eigenvalue weighted by molar-refractivity contribution is 5.49. The Balaban J connectivity index is 2.31. The van der Waals surface area contributed by atoms with Gasteiger partial charge in [-0.25, -0.2) is 0 Å². The second-order valence-electron chi connectivity index (χ2n) is 3.83. The average molecular weight is 220 g/mol. The van der Waals surface area contributed by atoms with Crippen molar-refractivity contribution in [2.45, 2.75) is 32.9 Å². The maximum atomic E-state index is 5.67. The first-order valence-corrected chi connectivity index (χ1v) is 5.47. The van der Waals surface area contributed by atoms with Gasteiger partial charge in [-0.3, -0.25) is 0 Å². The number of nitrogens with zero attached hydrogens (tertiary/aromatic N) is 3. The lowest BCUT2D eigenvalue weighted by Crippen LogP contribution is -2.05. The van der Waals surface area contributed by atoms with Crippen molar-refractivity contribution in [1.82, 2.24) is 14.7 Å². The molecular weight excluding hydrogens is 204 g/mol. The van der Waals surface area contributed by atoms with Crippen molar-refractivity contribution in [2.75, 3.05) is 0 Å². The van der Waals surface area contributed by atoms with Crippen LogP contribution in [0.2, 0.25) is 0 Å². The summed E-state index contributed by atoms with van der Waals surface area (Å²) >= 11 is 0. The van der Waals surface area contributed by atoms with E-state index in [1.54, 1.807) is 0 Å². The van der Waals surface area contributed by atoms with Gasteiger partial charge in [0.1, 0.15) is 0 Å². The highest BCUT2D eigenvalue weighted by Gasteiger charge is 2.13. The molecule has 0 aromatic carbocycles. The molecule has 0 bridgehead atoms. The molecule has 0 saturated carbocycles. The van der Waals surface area contributed by atoms with E-state index in [4.69, 9.17) is 10.3 Å². The van der Waals surface area contributed by atoms with Crippen LogP contribution in [0.5, 0.6) is 0 Å². The van der Waals surface area contributed by atoms with Gasteiger partial charge in [-0.2, -0.15) is 4.98 Å². The molecule has 2 aromatic heterocycles. The summed E-state index contributed by atoms with van der Waals surface area (Å²) in [5, 5.41) is 3.94. The van der Waals surface area contributed by atoms with E-state index in [1.165, 1.54) is 0 Å². The van der Waals surface area contributed by atoms with Gasteiger partial charge < -0.3 is 14.8 Å². The van der Waals surface area contributed by atoms with Crippen molar-refractivity contribution >= 4 is 0 Å². The van der Waals surface area contributed by atoms with Gasteiger partial charge in [-0.15, -0.1) is 0 Å². The number of aromatic nitrogens is 3. The zero-order valence-electron chi connectivity index (χ0n) is 9.55. The molecule has 0 aliphatic heterocycles. The molecule has 1 atom stereocenters. The van der Waals surface area contributed by atoms with Crippen molar-refractivity contribution in [3.63, 3.8) is 0 Å². The van der Waals surface area contributed by atoms with Crippen LogP contribution < -0.4 is 5.73 Å². The van der Waals surface area contributed by atoms with E-state index in [2.05, 4.69) is 21.6 Å². The second kappa shape index (κ2) is 4.49. The monoisotopic (exact) mass is 220 g/mol. The molecule has 0 fully saturated rings. The SMILES string of the molecule is CCCn1cccc1-c1noc([C@@H](C)N)n1. The van der Waals surface area contributed by atoms with E-state index < -0.39 is 0 Å². The van der Waals surface area contributed by atoms with E-state index in [0.717, 1.165) is 18.7 Å². The van der Waals surface area contributed by atoms with Crippen LogP contribution in [0.4, 0.5) is 0 Å². The second-order valence-corrected chi connectivity index (χ2v) is 3.83. The lowest BCUT2D eigenvalue weighted by atomic mass is 10.3. The molecule has 0 unspecified atom stereocenters. The molecule has 2 rings (SSSR count). The van der Waals surface area contributed by atoms with E-state index in [0.29, 0.717) is 11.7 Å². The van der Waals surface area contributed by atoms with Crippen molar-refractivity contribution in [3.05, 3.63) is 24.2 Å². The van der Waals surface area contributed by atoms with Gasteiger partial charge in [0.2, 0.25) is 11.7 Å². The van der Waals surface area contributed by atoms with Gasteiger partial charge in [0.25, 0.3) is 0 Å². The molecule has 86 valence electrons. The Morgan fingerprint density at radius 1 is 1.56 bits per heavy atom. The van der Waals surface area contributed by atoms with Crippen molar-refractivity contribution in [1.29, 1.82) is 0 Å². The maximum Gasteiger partial charge on any atom is 0.243 e. The van der Waals surface area contributed by atoms with Gasteiger partial charge in [-0.05, 0) is 25.5 Å². The minimum atomic E-state index is -0.226. The zero-order chi connectivity index (χ0) is 11.5. The topological polar surface area (TPSA) is 69.9 Å². The van der Waals surface area contributed by atoms with E-state index >= 15 is 0 Å². The lowest BCUT2D eigenvalue weighted by molar-refractivity contribution is 0.361. The zero-order valence-corrected chi connectivity index (χ0v) is 9.55. The summed E-state index contributed by atoms with van der Waals surface area (Å²) in [4.78, 5) is 4.27. The summed E-state index contributed by atoms with van der Waals surface area (Å²) in [7, 11) is 0. The number of aryl methyl sites for hydroxylation is 1. The van der Waals surface area contributed by atoms with Crippen molar-refractivity contribution < 1.29 is 4.52 Å². The fourth-order valence-corrected chi connectivity index (χ4v) is 1.58. The van der Waals surface area contributed by atoms with Gasteiger partial charge in [-0.1, -0.05) is 12.1 Å². The standard InChI is InChI=1S/C11H16N4O/c1-3-6-15-7-4-5-9(15)10-13-11(8(2)12)16-14-10/h4-5,7-8H,3,6,12H2,1-2H3/t8-/m1/s1. The number of rotatable bonds is 4. The van der Waals surface area contributed by atoms with Crippen LogP contribution in [-0.4, -0.2) is 14.7 Å². The summed E-state index contributed by atoms with van der Waals surface area (Å²) < 4.78 is 7.19. The largest absolute Gasteiger partial charge is 0.345 e. The molecule has 2 aromatic rings. The van der Waals surface area contributed by atoms with Gasteiger partial charge in [0.05, 0.1) is 11.7 Å². The highest BCUT2D eigenvalue weighted by Crippen LogP contribution is 2.18. The summed E-state index contributed by atoms with van der Waals surface area (Å²) in [6.07, 6.45) is 3.08. The van der Waals surface area contributed by atoms with Crippen LogP contribution >= 0.6 is 0 Å². The van der Waals surface area contributed by atoms with Crippen molar-refractivity contribution in [3.8, 4) is 11.5 Å². The molecule has 5 nitrogen and oxygen atoms in total. The van der Waals surface area contributed by atoms with Crippen LogP contribution in [0, 0.1) is 0 Å². The molecular formula is C11H16N4O. The lowest BCUT2D eigenvalue weighted by Gasteiger charge is -2.03. The average Bonchev–Trinajstić information content (AvgIpc) is 2.84. The van der Waals surface area contributed by atoms with Crippen LogP contribution in [0.3, 0.4) is 0 Å². The third-order valence-electron chi connectivity index (χ3n) is 2.35. The predicted octanol–water partition coefficient (Wildman–Crippen LogP) is 1.97. The van der Waals surface area contributed by atoms with E-state index in [1.807, 2.05) is 25.3 Å². The maximum absolute atomic E-state index is 5.67. The van der Waals surface area contributed by atoms with Gasteiger partial charge in [0.15, 0.2) is 0 Å². The van der Waals surface area contributed by atoms with Crippen LogP contribution in [-0.2, 0) is 6.54 Å². The number of hydrogen-bond donors (Lipinski definition) is 1. The molecule has 0 aliphatic rings. The quantitative estimate of drug-likeness (QED) is 0.855. The first kappa shape index (κ1) is 10.9. The summed E-state index contributed by atoms with van der Waals surface area (Å²) in [6.45, 7) is 4.90. The van der Waals surface area contributed by atoms with Crippen molar-refractivity contribution in [2.24, 2.45) is 5.73 Å². The number of nitrogens with two attached hydrogens (primary N) is 1. The molecule has 0 spiro atoms. The fraction of sp³-hybridized carbons (Fsp3) is 0.455. The summed E-state index contributed by atoms with van der Waals surface area (Å²) in [6, 6.07) is 3.73. The molecule has 0 amide bonds. The van der Waals surface area contributed by atoms with Gasteiger partial charge >= 0.3 is 0 Å². The summed E-state index contributed by atoms with van der Waals surface area (Å²) in [5.41, 5.74) is 6.64. The molecule has 0 radical (unpaired) electrons. The Hall–Kier alpha value is -1.62. The fourth-order valence-electron chi connectivity index (χ4n) is 1.58. The summed E-state index contributed by atoms with van der Waals surface area (Å²) in [5.74, 6) is 1.07. The van der Waals surface area contributed by atoms with E-state index in [-0.39, 0.29) is 6.04 Å². The third-order valence-corrected chi connectivity index (χ3v) is 2.35. The molecule has 2 heterocycles. The normalized spacial score (nSPS) is 12.9. The Morgan fingerprint density at radius 3 is 3.00 bits per heavy atom. The Morgan fingerprint density at radius 2 is 2.38 bits per heavy atom. The molecule has 0 saturated heterocycles. The number of hydrogen-bond acceptors (Lipinski definition) is 4. The Bertz CT molecular complexity index is 458. The van der Waals surface area contributed by atoms with Gasteiger partial charge in [0, 0.05) is 12.7 Å². The smallest absolute Gasteiger partial charge is 0.243 e. The minimum Gasteiger partial charge on any atom is -0.345 e. The predicted molar refractivity (Wildman–Crippen MR) is 60.6 cm³/mol. The van der Waals surface area contributed by atoms with Crippen LogP contribution in [0.1, 0.15) is 32.2 Å². The molecule has 2 N–H and O–H groups in total. The minimum absolute atomic E-state index is 0.226. The van der Waals surface area contributed by atoms with Crippen LogP contribution in [0.15, 0.2) is 22.9 Å². The third kappa shape index (κ3) is 1.99. The van der Waals surface area contributed by atoms with E-state index in [9.17, 15) is 0 Å². The first-order valence-electron chi connectivity index (χ1n) is 5.47. The highest BCUT2D eigenvalue weighted by atomic mass is 16.5. The first-order chi connectivity index (χ1) is 7.72.